The van der Waals surface area contributed by atoms with E-state index in [-0.39, 0.29) is 47.2 Å². The van der Waals surface area contributed by atoms with Gasteiger partial charge in [-0.3, -0.25) is 15.0 Å². The van der Waals surface area contributed by atoms with E-state index in [9.17, 15) is 15.2 Å². The number of phenols is 1. The van der Waals surface area contributed by atoms with E-state index >= 15 is 0 Å². The van der Waals surface area contributed by atoms with Crippen LogP contribution >= 0.6 is 24.8 Å². The molecule has 0 spiro atoms. The molecule has 1 aromatic carbocycles. The van der Waals surface area contributed by atoms with Gasteiger partial charge in [0, 0.05) is 38.3 Å². The molecule has 1 aromatic rings. The minimum atomic E-state index is -0.385. The molecule has 0 aliphatic carbocycles. The Kier molecular flexibility index (Phi) is 9.58. The Morgan fingerprint density at radius 3 is 2.38 bits per heavy atom. The molecule has 0 aromatic heterocycles. The van der Waals surface area contributed by atoms with Crippen LogP contribution in [-0.4, -0.2) is 41.1 Å². The van der Waals surface area contributed by atoms with Crippen LogP contribution in [0.3, 0.4) is 0 Å². The monoisotopic (exact) mass is 379 g/mol. The van der Waals surface area contributed by atoms with Gasteiger partial charge < -0.3 is 10.4 Å². The first kappa shape index (κ1) is 22.9. The lowest BCUT2D eigenvalue weighted by Gasteiger charge is -2.36. The molecule has 0 saturated carbocycles. The Morgan fingerprint density at radius 2 is 1.88 bits per heavy atom. The first-order valence-electron chi connectivity index (χ1n) is 7.83. The van der Waals surface area contributed by atoms with Gasteiger partial charge in [0.2, 0.25) is 0 Å². The van der Waals surface area contributed by atoms with Crippen molar-refractivity contribution in [1.82, 2.24) is 10.2 Å². The molecule has 1 heterocycles. The van der Waals surface area contributed by atoms with E-state index < -0.39 is 0 Å². The average Bonchev–Trinajstić information content (AvgIpc) is 2.48. The summed E-state index contributed by atoms with van der Waals surface area (Å²) >= 11 is 0. The minimum absolute atomic E-state index is 0. The third-order valence-corrected chi connectivity index (χ3v) is 4.21. The number of hydrogen-bond donors (Lipinski definition) is 2. The fourth-order valence-corrected chi connectivity index (χ4v) is 3.08. The van der Waals surface area contributed by atoms with Crippen LogP contribution in [0, 0.1) is 23.0 Å². The van der Waals surface area contributed by atoms with Crippen molar-refractivity contribution >= 4 is 30.5 Å². The Morgan fingerprint density at radius 1 is 1.29 bits per heavy atom. The van der Waals surface area contributed by atoms with Crippen molar-refractivity contribution in [2.24, 2.45) is 5.92 Å². The highest BCUT2D eigenvalue weighted by Crippen LogP contribution is 2.41. The van der Waals surface area contributed by atoms with Crippen molar-refractivity contribution < 1.29 is 10.0 Å². The van der Waals surface area contributed by atoms with Gasteiger partial charge in [0.1, 0.15) is 5.75 Å². The number of halogens is 2. The maximum absolute atomic E-state index is 11.4. The summed E-state index contributed by atoms with van der Waals surface area (Å²) in [5.74, 6) is 0.456. The number of phenolic OH excluding ortho intramolecular Hbond substituents is 1. The molecule has 2 rings (SSSR count). The Labute approximate surface area is 155 Å². The molecule has 0 amide bonds. The number of rotatable bonds is 5. The summed E-state index contributed by atoms with van der Waals surface area (Å²) in [6.07, 6.45) is 0.790. The van der Waals surface area contributed by atoms with E-state index in [1.54, 1.807) is 13.0 Å². The lowest BCUT2D eigenvalue weighted by Crippen LogP contribution is -2.45. The van der Waals surface area contributed by atoms with Crippen molar-refractivity contribution in [3.63, 3.8) is 0 Å². The maximum atomic E-state index is 11.4. The van der Waals surface area contributed by atoms with Crippen LogP contribution in [0.4, 0.5) is 5.69 Å². The van der Waals surface area contributed by atoms with Crippen LogP contribution in [-0.2, 0) is 0 Å². The van der Waals surface area contributed by atoms with Crippen molar-refractivity contribution in [2.45, 2.75) is 33.2 Å². The zero-order valence-electron chi connectivity index (χ0n) is 14.3. The van der Waals surface area contributed by atoms with E-state index in [2.05, 4.69) is 24.1 Å². The van der Waals surface area contributed by atoms with Crippen molar-refractivity contribution in [1.29, 1.82) is 0 Å². The number of nitro groups is 1. The summed E-state index contributed by atoms with van der Waals surface area (Å²) in [6, 6.07) is 3.00. The van der Waals surface area contributed by atoms with Gasteiger partial charge in [-0.2, -0.15) is 0 Å². The number of nitrogens with zero attached hydrogens (tertiary/aromatic N) is 2. The summed E-state index contributed by atoms with van der Waals surface area (Å²) in [6.45, 7) is 9.41. The number of aromatic hydroxyl groups is 1. The standard InChI is InChI=1S/C16H25N3O3.2ClH/c1-11(2)10-14(18-8-6-17-7-9-18)15-13(19(21)22)5-4-12(3)16(15)20;;/h4-5,11,14,17,20H,6-10H2,1-3H3;2*1H/t14-;;/m0../s1. The summed E-state index contributed by atoms with van der Waals surface area (Å²) in [4.78, 5) is 13.3. The molecule has 138 valence electrons. The second kappa shape index (κ2) is 10.0. The number of hydrogen-bond acceptors (Lipinski definition) is 5. The zero-order chi connectivity index (χ0) is 16.3. The first-order chi connectivity index (χ1) is 10.4. The normalized spacial score (nSPS) is 16.2. The fourth-order valence-electron chi connectivity index (χ4n) is 3.08. The van der Waals surface area contributed by atoms with Crippen LogP contribution < -0.4 is 5.32 Å². The maximum Gasteiger partial charge on any atom is 0.277 e. The lowest BCUT2D eigenvalue weighted by molar-refractivity contribution is -0.386. The van der Waals surface area contributed by atoms with Gasteiger partial charge >= 0.3 is 0 Å². The summed E-state index contributed by atoms with van der Waals surface area (Å²) in [7, 11) is 0. The number of nitro benzene ring substituents is 1. The van der Waals surface area contributed by atoms with E-state index in [1.807, 2.05) is 0 Å². The molecular weight excluding hydrogens is 353 g/mol. The molecule has 24 heavy (non-hydrogen) atoms. The second-order valence-corrected chi connectivity index (χ2v) is 6.35. The molecule has 6 nitrogen and oxygen atoms in total. The number of benzene rings is 1. The molecule has 0 unspecified atom stereocenters. The third kappa shape index (κ3) is 5.21. The topological polar surface area (TPSA) is 78.6 Å². The molecule has 1 saturated heterocycles. The van der Waals surface area contributed by atoms with Crippen LogP contribution in [0.25, 0.3) is 0 Å². The van der Waals surface area contributed by atoms with Gasteiger partial charge in [0.25, 0.3) is 5.69 Å². The predicted octanol–water partition coefficient (Wildman–Crippen LogP) is 3.44. The van der Waals surface area contributed by atoms with Crippen LogP contribution in [0.15, 0.2) is 12.1 Å². The highest BCUT2D eigenvalue weighted by Gasteiger charge is 2.32. The average molecular weight is 380 g/mol. The van der Waals surface area contributed by atoms with Crippen molar-refractivity contribution in [3.8, 4) is 5.75 Å². The summed E-state index contributed by atoms with van der Waals surface area (Å²) in [5.41, 5.74) is 1.18. The van der Waals surface area contributed by atoms with Crippen molar-refractivity contribution in [3.05, 3.63) is 33.4 Å². The molecule has 1 aliphatic heterocycles. The smallest absolute Gasteiger partial charge is 0.277 e. The zero-order valence-corrected chi connectivity index (χ0v) is 16.0. The molecule has 8 heteroatoms. The minimum Gasteiger partial charge on any atom is -0.507 e. The fraction of sp³-hybridized carbons (Fsp3) is 0.625. The summed E-state index contributed by atoms with van der Waals surface area (Å²) in [5, 5.41) is 25.2. The molecule has 0 bridgehead atoms. The van der Waals surface area contributed by atoms with Crippen molar-refractivity contribution in [2.75, 3.05) is 26.2 Å². The highest BCUT2D eigenvalue weighted by atomic mass is 35.5. The number of piperazine rings is 1. The van der Waals surface area contributed by atoms with Gasteiger partial charge in [-0.1, -0.05) is 13.8 Å². The number of nitrogens with one attached hydrogen (secondary N) is 1. The van der Waals surface area contributed by atoms with E-state index in [4.69, 9.17) is 0 Å². The Hall–Kier alpha value is -1.08. The van der Waals surface area contributed by atoms with Gasteiger partial charge in [0.15, 0.2) is 0 Å². The van der Waals surface area contributed by atoms with Crippen LogP contribution in [0.5, 0.6) is 5.75 Å². The van der Waals surface area contributed by atoms with Gasteiger partial charge in [-0.25, -0.2) is 0 Å². The highest BCUT2D eigenvalue weighted by molar-refractivity contribution is 5.85. The largest absolute Gasteiger partial charge is 0.507 e. The van der Waals surface area contributed by atoms with E-state index in [0.29, 0.717) is 17.0 Å². The van der Waals surface area contributed by atoms with Gasteiger partial charge in [0.05, 0.1) is 10.5 Å². The van der Waals surface area contributed by atoms with Crippen LogP contribution in [0.2, 0.25) is 0 Å². The molecule has 1 fully saturated rings. The lowest BCUT2D eigenvalue weighted by atomic mass is 9.91. The quantitative estimate of drug-likeness (QED) is 0.604. The molecule has 1 atom stereocenters. The molecule has 2 N–H and O–H groups in total. The van der Waals surface area contributed by atoms with E-state index in [0.717, 1.165) is 32.6 Å². The third-order valence-electron chi connectivity index (χ3n) is 4.21. The van der Waals surface area contributed by atoms with Crippen LogP contribution in [0.1, 0.15) is 37.4 Å². The molecule has 1 aliphatic rings. The van der Waals surface area contributed by atoms with E-state index in [1.165, 1.54) is 6.07 Å². The summed E-state index contributed by atoms with van der Waals surface area (Å²) < 4.78 is 0. The predicted molar refractivity (Wildman–Crippen MR) is 101 cm³/mol. The second-order valence-electron chi connectivity index (χ2n) is 6.35. The van der Waals surface area contributed by atoms with Gasteiger partial charge in [-0.15, -0.1) is 24.8 Å². The molecule has 0 radical (unpaired) electrons. The Bertz CT molecular complexity index is 550. The number of aryl methyl sites for hydroxylation is 1. The Balaban J connectivity index is 0.00000264. The van der Waals surface area contributed by atoms with Gasteiger partial charge in [-0.05, 0) is 30.9 Å². The molecular formula is C16H27Cl2N3O3. The first-order valence-corrected chi connectivity index (χ1v) is 7.83. The SMILES string of the molecule is Cc1ccc([N+](=O)[O-])c([C@H](CC(C)C)N2CCNCC2)c1O.Cl.Cl.